The molecule has 2 N–H and O–H groups in total. The van der Waals surface area contributed by atoms with Crippen molar-refractivity contribution in [3.63, 3.8) is 0 Å². The number of phenolic OH excluding ortho intramolecular Hbond substituents is 1. The SMILES string of the molecule is COc1ccc(C)cc1NC(=O)c1cc(O)ccc1Cl. The van der Waals surface area contributed by atoms with Gasteiger partial charge in [0.25, 0.3) is 5.91 Å². The summed E-state index contributed by atoms with van der Waals surface area (Å²) in [6, 6.07) is 9.67. The summed E-state index contributed by atoms with van der Waals surface area (Å²) in [4.78, 5) is 12.2. The fourth-order valence-corrected chi connectivity index (χ4v) is 2.00. The van der Waals surface area contributed by atoms with Crippen molar-refractivity contribution in [3.05, 3.63) is 52.5 Å². The summed E-state index contributed by atoms with van der Waals surface area (Å²) in [7, 11) is 1.53. The number of aromatic hydroxyl groups is 1. The lowest BCUT2D eigenvalue weighted by atomic mass is 10.1. The molecule has 0 atom stereocenters. The number of hydrogen-bond acceptors (Lipinski definition) is 3. The molecule has 0 saturated carbocycles. The van der Waals surface area contributed by atoms with E-state index in [4.69, 9.17) is 16.3 Å². The highest BCUT2D eigenvalue weighted by Crippen LogP contribution is 2.27. The van der Waals surface area contributed by atoms with Gasteiger partial charge in [0.1, 0.15) is 11.5 Å². The summed E-state index contributed by atoms with van der Waals surface area (Å²) < 4.78 is 5.19. The van der Waals surface area contributed by atoms with E-state index in [1.165, 1.54) is 25.3 Å². The van der Waals surface area contributed by atoms with Crippen molar-refractivity contribution in [3.8, 4) is 11.5 Å². The zero-order chi connectivity index (χ0) is 14.7. The Morgan fingerprint density at radius 3 is 2.70 bits per heavy atom. The largest absolute Gasteiger partial charge is 0.508 e. The van der Waals surface area contributed by atoms with Crippen LogP contribution in [0.3, 0.4) is 0 Å². The lowest BCUT2D eigenvalue weighted by Crippen LogP contribution is -2.13. The van der Waals surface area contributed by atoms with Crippen LogP contribution in [0.4, 0.5) is 5.69 Å². The molecule has 4 nitrogen and oxygen atoms in total. The summed E-state index contributed by atoms with van der Waals surface area (Å²) >= 11 is 5.96. The van der Waals surface area contributed by atoms with Gasteiger partial charge in [0, 0.05) is 0 Å². The van der Waals surface area contributed by atoms with Crippen LogP contribution in [-0.2, 0) is 0 Å². The summed E-state index contributed by atoms with van der Waals surface area (Å²) in [5, 5.41) is 12.4. The minimum absolute atomic E-state index is 0.0178. The molecule has 0 fully saturated rings. The quantitative estimate of drug-likeness (QED) is 0.908. The summed E-state index contributed by atoms with van der Waals surface area (Å²) in [6.45, 7) is 1.91. The molecular formula is C15H14ClNO3. The lowest BCUT2D eigenvalue weighted by Gasteiger charge is -2.11. The first-order valence-corrected chi connectivity index (χ1v) is 6.33. The number of anilines is 1. The van der Waals surface area contributed by atoms with Crippen LogP contribution >= 0.6 is 11.6 Å². The van der Waals surface area contributed by atoms with E-state index in [0.717, 1.165) is 5.56 Å². The van der Waals surface area contributed by atoms with E-state index in [2.05, 4.69) is 5.32 Å². The van der Waals surface area contributed by atoms with Crippen LogP contribution in [0.5, 0.6) is 11.5 Å². The minimum atomic E-state index is -0.408. The van der Waals surface area contributed by atoms with Crippen molar-refractivity contribution >= 4 is 23.2 Å². The molecule has 0 aliphatic rings. The van der Waals surface area contributed by atoms with E-state index in [1.807, 2.05) is 13.0 Å². The normalized spacial score (nSPS) is 10.2. The second-order valence-electron chi connectivity index (χ2n) is 4.32. The molecule has 2 aromatic rings. The van der Waals surface area contributed by atoms with Crippen LogP contribution < -0.4 is 10.1 Å². The highest BCUT2D eigenvalue weighted by Gasteiger charge is 2.13. The summed E-state index contributed by atoms with van der Waals surface area (Å²) in [6.07, 6.45) is 0. The molecule has 5 heteroatoms. The summed E-state index contributed by atoms with van der Waals surface area (Å²) in [5.41, 5.74) is 1.75. The molecular weight excluding hydrogens is 278 g/mol. The van der Waals surface area contributed by atoms with Crippen LogP contribution in [0.25, 0.3) is 0 Å². The Labute approximate surface area is 122 Å². The van der Waals surface area contributed by atoms with Gasteiger partial charge in [0.15, 0.2) is 0 Å². The number of rotatable bonds is 3. The Morgan fingerprint density at radius 2 is 2.00 bits per heavy atom. The molecule has 0 bridgehead atoms. The van der Waals surface area contributed by atoms with Crippen LogP contribution in [0.1, 0.15) is 15.9 Å². The Balaban J connectivity index is 2.32. The smallest absolute Gasteiger partial charge is 0.257 e. The van der Waals surface area contributed by atoms with Crippen LogP contribution in [0.2, 0.25) is 5.02 Å². The molecule has 0 radical (unpaired) electrons. The number of aryl methyl sites for hydroxylation is 1. The van der Waals surface area contributed by atoms with Gasteiger partial charge >= 0.3 is 0 Å². The second kappa shape index (κ2) is 5.84. The van der Waals surface area contributed by atoms with Gasteiger partial charge in [0.2, 0.25) is 0 Å². The highest BCUT2D eigenvalue weighted by molar-refractivity contribution is 6.34. The number of benzene rings is 2. The Kier molecular flexibility index (Phi) is 4.15. The molecule has 104 valence electrons. The molecule has 0 saturated heterocycles. The number of carbonyl (C=O) groups is 1. The number of amides is 1. The fraction of sp³-hybridized carbons (Fsp3) is 0.133. The number of carbonyl (C=O) groups excluding carboxylic acids is 1. The number of phenols is 1. The minimum Gasteiger partial charge on any atom is -0.508 e. The van der Waals surface area contributed by atoms with E-state index in [0.29, 0.717) is 11.4 Å². The molecule has 0 aliphatic heterocycles. The van der Waals surface area contributed by atoms with E-state index in [1.54, 1.807) is 12.1 Å². The van der Waals surface area contributed by atoms with Crippen LogP contribution in [0, 0.1) is 6.92 Å². The number of ether oxygens (including phenoxy) is 1. The zero-order valence-electron chi connectivity index (χ0n) is 11.1. The van der Waals surface area contributed by atoms with Crippen LogP contribution in [-0.4, -0.2) is 18.1 Å². The maximum absolute atomic E-state index is 12.2. The first kappa shape index (κ1) is 14.2. The molecule has 0 aromatic heterocycles. The molecule has 0 spiro atoms. The fourth-order valence-electron chi connectivity index (χ4n) is 1.80. The first-order chi connectivity index (χ1) is 9.51. The maximum atomic E-state index is 12.2. The third kappa shape index (κ3) is 3.03. The van der Waals surface area contributed by atoms with Gasteiger partial charge in [-0.3, -0.25) is 4.79 Å². The maximum Gasteiger partial charge on any atom is 0.257 e. The molecule has 0 unspecified atom stereocenters. The number of hydrogen-bond donors (Lipinski definition) is 2. The molecule has 0 aliphatic carbocycles. The van der Waals surface area contributed by atoms with E-state index in [9.17, 15) is 9.90 Å². The molecule has 2 rings (SSSR count). The number of nitrogens with one attached hydrogen (secondary N) is 1. The topological polar surface area (TPSA) is 58.6 Å². The predicted octanol–water partition coefficient (Wildman–Crippen LogP) is 3.61. The van der Waals surface area contributed by atoms with Gasteiger partial charge in [0.05, 0.1) is 23.4 Å². The van der Waals surface area contributed by atoms with Gasteiger partial charge in [-0.1, -0.05) is 17.7 Å². The monoisotopic (exact) mass is 291 g/mol. The molecule has 20 heavy (non-hydrogen) atoms. The van der Waals surface area contributed by atoms with Gasteiger partial charge in [-0.2, -0.15) is 0 Å². The van der Waals surface area contributed by atoms with Crippen molar-refractivity contribution in [1.29, 1.82) is 0 Å². The average Bonchev–Trinajstić information content (AvgIpc) is 2.41. The second-order valence-corrected chi connectivity index (χ2v) is 4.73. The van der Waals surface area contributed by atoms with Crippen molar-refractivity contribution in [2.75, 3.05) is 12.4 Å². The molecule has 0 heterocycles. The van der Waals surface area contributed by atoms with Crippen molar-refractivity contribution in [2.24, 2.45) is 0 Å². The van der Waals surface area contributed by atoms with Gasteiger partial charge < -0.3 is 15.2 Å². The van der Waals surface area contributed by atoms with Crippen molar-refractivity contribution in [2.45, 2.75) is 6.92 Å². The average molecular weight is 292 g/mol. The van der Waals surface area contributed by atoms with Gasteiger partial charge in [-0.15, -0.1) is 0 Å². The third-order valence-corrected chi connectivity index (χ3v) is 3.13. The van der Waals surface area contributed by atoms with Crippen molar-refractivity contribution in [1.82, 2.24) is 0 Å². The number of methoxy groups -OCH3 is 1. The Hall–Kier alpha value is -2.20. The van der Waals surface area contributed by atoms with Gasteiger partial charge in [-0.05, 0) is 42.8 Å². The van der Waals surface area contributed by atoms with Crippen LogP contribution in [0.15, 0.2) is 36.4 Å². The molecule has 1 amide bonds. The van der Waals surface area contributed by atoms with E-state index >= 15 is 0 Å². The van der Waals surface area contributed by atoms with E-state index < -0.39 is 5.91 Å². The predicted molar refractivity (Wildman–Crippen MR) is 78.8 cm³/mol. The first-order valence-electron chi connectivity index (χ1n) is 5.96. The standard InChI is InChI=1S/C15H14ClNO3/c1-9-3-6-14(20-2)13(7-9)17-15(19)11-8-10(18)4-5-12(11)16/h3-8,18H,1-2H3,(H,17,19). The Bertz CT molecular complexity index is 656. The van der Waals surface area contributed by atoms with E-state index in [-0.39, 0.29) is 16.3 Å². The summed E-state index contributed by atoms with van der Waals surface area (Å²) in [5.74, 6) is 0.130. The Morgan fingerprint density at radius 1 is 1.25 bits per heavy atom. The zero-order valence-corrected chi connectivity index (χ0v) is 11.9. The lowest BCUT2D eigenvalue weighted by molar-refractivity contribution is 0.102. The number of halogens is 1. The highest BCUT2D eigenvalue weighted by atomic mass is 35.5. The molecule has 2 aromatic carbocycles. The van der Waals surface area contributed by atoms with Gasteiger partial charge in [-0.25, -0.2) is 0 Å². The van der Waals surface area contributed by atoms with Crippen molar-refractivity contribution < 1.29 is 14.6 Å². The third-order valence-electron chi connectivity index (χ3n) is 2.80.